The molecule has 0 heterocycles. The molecule has 4 heteroatoms. The van der Waals surface area contributed by atoms with Gasteiger partial charge in [-0.1, -0.05) is 12.1 Å². The highest BCUT2D eigenvalue weighted by Crippen LogP contribution is 2.22. The molecule has 1 N–H and O–H groups in total. The van der Waals surface area contributed by atoms with E-state index >= 15 is 0 Å². The summed E-state index contributed by atoms with van der Waals surface area (Å²) in [6.45, 7) is 3.68. The van der Waals surface area contributed by atoms with E-state index in [1.165, 1.54) is 0 Å². The summed E-state index contributed by atoms with van der Waals surface area (Å²) in [5.41, 5.74) is 1.82. The molecule has 1 aromatic carbocycles. The smallest absolute Gasteiger partial charge is 0.254 e. The molecule has 0 atom stereocenters. The zero-order chi connectivity index (χ0) is 12.8. The van der Waals surface area contributed by atoms with Gasteiger partial charge in [0.25, 0.3) is 5.91 Å². The van der Waals surface area contributed by atoms with Crippen molar-refractivity contribution in [3.63, 3.8) is 0 Å². The molecular weight excluding hydrogens is 280 g/mol. The highest BCUT2D eigenvalue weighted by molar-refractivity contribution is 9.10. The Hall–Kier alpha value is -0.870. The van der Waals surface area contributed by atoms with Gasteiger partial charge in [0.15, 0.2) is 0 Å². The molecule has 0 aromatic heterocycles. The maximum atomic E-state index is 12.2. The highest BCUT2D eigenvalue weighted by atomic mass is 79.9. The molecule has 0 saturated heterocycles. The molecule has 1 amide bonds. The number of hydrogen-bond donors (Lipinski definition) is 1. The third-order valence-corrected chi connectivity index (χ3v) is 3.74. The molecule has 0 fully saturated rings. The first-order valence-electron chi connectivity index (χ1n) is 5.73. The van der Waals surface area contributed by atoms with Crippen LogP contribution in [0, 0.1) is 6.92 Å². The zero-order valence-electron chi connectivity index (χ0n) is 10.6. The van der Waals surface area contributed by atoms with Crippen LogP contribution in [0.25, 0.3) is 0 Å². The molecule has 0 saturated carbocycles. The highest BCUT2D eigenvalue weighted by Gasteiger charge is 2.15. The van der Waals surface area contributed by atoms with E-state index in [1.807, 2.05) is 39.2 Å². The normalized spacial score (nSPS) is 10.4. The summed E-state index contributed by atoms with van der Waals surface area (Å²) in [4.78, 5) is 13.9. The molecule has 0 aliphatic rings. The summed E-state index contributed by atoms with van der Waals surface area (Å²) in [5.74, 6) is 0.0664. The minimum atomic E-state index is 0.0664. The average Bonchev–Trinajstić information content (AvgIpc) is 2.32. The van der Waals surface area contributed by atoms with Gasteiger partial charge in [-0.15, -0.1) is 0 Å². The molecule has 0 aliphatic heterocycles. The van der Waals surface area contributed by atoms with E-state index in [0.29, 0.717) is 0 Å². The Balaban J connectivity index is 2.71. The van der Waals surface area contributed by atoms with Crippen LogP contribution in [0.15, 0.2) is 22.7 Å². The molecule has 3 nitrogen and oxygen atoms in total. The number of halogens is 1. The van der Waals surface area contributed by atoms with E-state index in [9.17, 15) is 4.79 Å². The van der Waals surface area contributed by atoms with Gasteiger partial charge in [0.1, 0.15) is 0 Å². The molecule has 0 radical (unpaired) electrons. The lowest BCUT2D eigenvalue weighted by molar-refractivity contribution is 0.0792. The molecule has 0 bridgehead atoms. The molecule has 0 aliphatic carbocycles. The van der Waals surface area contributed by atoms with Crippen LogP contribution in [0.3, 0.4) is 0 Å². The van der Waals surface area contributed by atoms with Crippen molar-refractivity contribution in [3.05, 3.63) is 33.8 Å². The predicted molar refractivity (Wildman–Crippen MR) is 74.4 cm³/mol. The van der Waals surface area contributed by atoms with Gasteiger partial charge in [-0.25, -0.2) is 0 Å². The van der Waals surface area contributed by atoms with Gasteiger partial charge in [0.05, 0.1) is 5.56 Å². The number of carbonyl (C=O) groups is 1. The number of rotatable bonds is 5. The molecule has 0 unspecified atom stereocenters. The SMILES string of the molecule is CNCCCN(C)C(=O)c1cccc(C)c1Br. The first-order chi connectivity index (χ1) is 8.07. The Kier molecular flexibility index (Phi) is 5.65. The van der Waals surface area contributed by atoms with E-state index < -0.39 is 0 Å². The van der Waals surface area contributed by atoms with E-state index in [4.69, 9.17) is 0 Å². The lowest BCUT2D eigenvalue weighted by Gasteiger charge is -2.18. The standard InChI is InChI=1S/C13H19BrN2O/c1-10-6-4-7-11(12(10)14)13(17)16(3)9-5-8-15-2/h4,6-7,15H,5,8-9H2,1-3H3. The Labute approximate surface area is 111 Å². The summed E-state index contributed by atoms with van der Waals surface area (Å²) < 4.78 is 0.894. The molecular formula is C13H19BrN2O. The van der Waals surface area contributed by atoms with Crippen molar-refractivity contribution in [1.29, 1.82) is 0 Å². The van der Waals surface area contributed by atoms with Crippen molar-refractivity contribution in [3.8, 4) is 0 Å². The van der Waals surface area contributed by atoms with Crippen LogP contribution in [0.2, 0.25) is 0 Å². The van der Waals surface area contributed by atoms with Crippen LogP contribution in [-0.4, -0.2) is 38.0 Å². The van der Waals surface area contributed by atoms with Crippen molar-refractivity contribution < 1.29 is 4.79 Å². The summed E-state index contributed by atoms with van der Waals surface area (Å²) in [6, 6.07) is 5.75. The topological polar surface area (TPSA) is 32.3 Å². The van der Waals surface area contributed by atoms with E-state index in [-0.39, 0.29) is 5.91 Å². The Morgan fingerprint density at radius 1 is 1.47 bits per heavy atom. The summed E-state index contributed by atoms with van der Waals surface area (Å²) in [7, 11) is 3.76. The van der Waals surface area contributed by atoms with Crippen molar-refractivity contribution in [2.45, 2.75) is 13.3 Å². The molecule has 1 rings (SSSR count). The summed E-state index contributed by atoms with van der Waals surface area (Å²) in [6.07, 6.45) is 0.960. The third-order valence-electron chi connectivity index (χ3n) is 2.69. The molecule has 94 valence electrons. The second-order valence-corrected chi connectivity index (χ2v) is 4.91. The van der Waals surface area contributed by atoms with E-state index in [0.717, 1.165) is 35.1 Å². The fourth-order valence-corrected chi connectivity index (χ4v) is 2.05. The zero-order valence-corrected chi connectivity index (χ0v) is 12.2. The number of benzene rings is 1. The largest absolute Gasteiger partial charge is 0.342 e. The van der Waals surface area contributed by atoms with Crippen molar-refractivity contribution in [2.24, 2.45) is 0 Å². The number of amides is 1. The predicted octanol–water partition coefficient (Wildman–Crippen LogP) is 2.44. The van der Waals surface area contributed by atoms with Gasteiger partial charge in [0, 0.05) is 18.1 Å². The Bertz CT molecular complexity index is 393. The van der Waals surface area contributed by atoms with Gasteiger partial charge in [-0.3, -0.25) is 4.79 Å². The van der Waals surface area contributed by atoms with Crippen LogP contribution in [0.1, 0.15) is 22.3 Å². The van der Waals surface area contributed by atoms with Gasteiger partial charge >= 0.3 is 0 Å². The number of hydrogen-bond acceptors (Lipinski definition) is 2. The maximum absolute atomic E-state index is 12.2. The lowest BCUT2D eigenvalue weighted by atomic mass is 10.1. The monoisotopic (exact) mass is 298 g/mol. The number of aryl methyl sites for hydroxylation is 1. The van der Waals surface area contributed by atoms with Gasteiger partial charge in [-0.05, 0) is 54.5 Å². The van der Waals surface area contributed by atoms with Crippen LogP contribution in [-0.2, 0) is 0 Å². The third kappa shape index (κ3) is 3.82. The Morgan fingerprint density at radius 3 is 2.82 bits per heavy atom. The maximum Gasteiger partial charge on any atom is 0.254 e. The van der Waals surface area contributed by atoms with Crippen LogP contribution in [0.4, 0.5) is 0 Å². The van der Waals surface area contributed by atoms with Crippen molar-refractivity contribution in [1.82, 2.24) is 10.2 Å². The van der Waals surface area contributed by atoms with Crippen LogP contribution >= 0.6 is 15.9 Å². The quantitative estimate of drug-likeness (QED) is 0.847. The second-order valence-electron chi connectivity index (χ2n) is 4.12. The summed E-state index contributed by atoms with van der Waals surface area (Å²) >= 11 is 3.47. The van der Waals surface area contributed by atoms with E-state index in [2.05, 4.69) is 21.2 Å². The molecule has 17 heavy (non-hydrogen) atoms. The molecule has 0 spiro atoms. The fraction of sp³-hybridized carbons (Fsp3) is 0.462. The number of nitrogens with zero attached hydrogens (tertiary/aromatic N) is 1. The average molecular weight is 299 g/mol. The first-order valence-corrected chi connectivity index (χ1v) is 6.52. The number of nitrogens with one attached hydrogen (secondary N) is 1. The Morgan fingerprint density at radius 2 is 2.18 bits per heavy atom. The fourth-order valence-electron chi connectivity index (χ4n) is 1.61. The van der Waals surface area contributed by atoms with Gasteiger partial charge < -0.3 is 10.2 Å². The van der Waals surface area contributed by atoms with Crippen LogP contribution < -0.4 is 5.32 Å². The lowest BCUT2D eigenvalue weighted by Crippen LogP contribution is -2.29. The minimum absolute atomic E-state index is 0.0664. The summed E-state index contributed by atoms with van der Waals surface area (Å²) in [5, 5.41) is 3.08. The van der Waals surface area contributed by atoms with E-state index in [1.54, 1.807) is 4.90 Å². The van der Waals surface area contributed by atoms with Crippen molar-refractivity contribution in [2.75, 3.05) is 27.2 Å². The first kappa shape index (κ1) is 14.2. The number of carbonyl (C=O) groups excluding carboxylic acids is 1. The van der Waals surface area contributed by atoms with Crippen LogP contribution in [0.5, 0.6) is 0 Å². The minimum Gasteiger partial charge on any atom is -0.342 e. The second kappa shape index (κ2) is 6.77. The van der Waals surface area contributed by atoms with Gasteiger partial charge in [-0.2, -0.15) is 0 Å². The van der Waals surface area contributed by atoms with Crippen molar-refractivity contribution >= 4 is 21.8 Å². The van der Waals surface area contributed by atoms with Gasteiger partial charge in [0.2, 0.25) is 0 Å². The molecule has 1 aromatic rings.